The molecule has 10 heavy (non-hydrogen) atoms. The molecule has 0 aromatic heterocycles. The molecule has 1 aliphatic carbocycles. The van der Waals surface area contributed by atoms with Crippen LogP contribution in [0.3, 0.4) is 0 Å². The lowest BCUT2D eigenvalue weighted by molar-refractivity contribution is 0.326. The Labute approximate surface area is 65.8 Å². The molecule has 0 aliphatic heterocycles. The summed E-state index contributed by atoms with van der Waals surface area (Å²) in [4.78, 5) is 1.41. The Morgan fingerprint density at radius 3 is 2.70 bits per heavy atom. The molecule has 0 aromatic rings. The molecule has 0 aromatic carbocycles. The summed E-state index contributed by atoms with van der Waals surface area (Å²) in [5, 5.41) is 8.75. The zero-order chi connectivity index (χ0) is 7.40. The monoisotopic (exact) mass is 156 g/mol. The molecule has 0 saturated heterocycles. The van der Waals surface area contributed by atoms with Crippen LogP contribution in [0.5, 0.6) is 0 Å². The molecule has 56 valence electrons. The molecule has 0 radical (unpaired) electrons. The summed E-state index contributed by atoms with van der Waals surface area (Å²) in [6, 6.07) is 0. The van der Waals surface area contributed by atoms with Crippen LogP contribution in [0, 0.1) is 0 Å². The van der Waals surface area contributed by atoms with Crippen molar-refractivity contribution in [3.8, 4) is 0 Å². The van der Waals surface area contributed by atoms with E-state index < -0.39 is 0 Å². The van der Waals surface area contributed by atoms with Crippen molar-refractivity contribution in [3.05, 3.63) is 22.6 Å². The van der Waals surface area contributed by atoms with Crippen LogP contribution in [0.25, 0.3) is 0 Å². The lowest BCUT2D eigenvalue weighted by atomic mass is 10.1. The van der Waals surface area contributed by atoms with E-state index in [4.69, 9.17) is 5.11 Å². The SMILES string of the molecule is CSC1=CC=C(CO)CC1. The highest BCUT2D eigenvalue weighted by Gasteiger charge is 2.03. The van der Waals surface area contributed by atoms with Gasteiger partial charge in [0.25, 0.3) is 0 Å². The number of rotatable bonds is 2. The maximum atomic E-state index is 8.75. The molecular weight excluding hydrogens is 144 g/mol. The molecule has 1 aliphatic rings. The first-order chi connectivity index (χ1) is 4.86. The van der Waals surface area contributed by atoms with Gasteiger partial charge in [0.15, 0.2) is 0 Å². The second-order valence-corrected chi connectivity index (χ2v) is 3.25. The van der Waals surface area contributed by atoms with E-state index in [1.54, 1.807) is 11.8 Å². The van der Waals surface area contributed by atoms with Crippen molar-refractivity contribution in [1.82, 2.24) is 0 Å². The molecule has 1 nitrogen and oxygen atoms in total. The number of thioether (sulfide) groups is 1. The van der Waals surface area contributed by atoms with E-state index in [1.807, 2.05) is 6.08 Å². The highest BCUT2D eigenvalue weighted by molar-refractivity contribution is 8.02. The van der Waals surface area contributed by atoms with E-state index in [1.165, 1.54) is 4.91 Å². The van der Waals surface area contributed by atoms with Crippen LogP contribution in [-0.2, 0) is 0 Å². The Kier molecular flexibility index (Phi) is 3.03. The summed E-state index contributed by atoms with van der Waals surface area (Å²) in [6.07, 6.45) is 8.34. The second-order valence-electron chi connectivity index (χ2n) is 2.32. The summed E-state index contributed by atoms with van der Waals surface area (Å²) in [5.74, 6) is 0. The molecule has 0 heterocycles. The van der Waals surface area contributed by atoms with E-state index in [9.17, 15) is 0 Å². The van der Waals surface area contributed by atoms with Crippen molar-refractivity contribution in [2.45, 2.75) is 12.8 Å². The molecule has 0 amide bonds. The van der Waals surface area contributed by atoms with Gasteiger partial charge in [-0.3, -0.25) is 0 Å². The van der Waals surface area contributed by atoms with Crippen LogP contribution in [0.15, 0.2) is 22.6 Å². The zero-order valence-corrected chi connectivity index (χ0v) is 6.95. The van der Waals surface area contributed by atoms with Gasteiger partial charge in [0, 0.05) is 0 Å². The average molecular weight is 156 g/mol. The Morgan fingerprint density at radius 1 is 1.50 bits per heavy atom. The summed E-state index contributed by atoms with van der Waals surface area (Å²) in [5.41, 5.74) is 1.15. The first-order valence-electron chi connectivity index (χ1n) is 3.40. The molecule has 2 heteroatoms. The Morgan fingerprint density at radius 2 is 2.30 bits per heavy atom. The van der Waals surface area contributed by atoms with E-state index >= 15 is 0 Å². The van der Waals surface area contributed by atoms with Crippen molar-refractivity contribution >= 4 is 11.8 Å². The van der Waals surface area contributed by atoms with E-state index in [0.29, 0.717) is 0 Å². The summed E-state index contributed by atoms with van der Waals surface area (Å²) in [7, 11) is 0. The van der Waals surface area contributed by atoms with Crippen molar-refractivity contribution < 1.29 is 5.11 Å². The van der Waals surface area contributed by atoms with Crippen molar-refractivity contribution in [2.24, 2.45) is 0 Å². The molecule has 0 spiro atoms. The molecule has 0 atom stereocenters. The van der Waals surface area contributed by atoms with Gasteiger partial charge in [-0.05, 0) is 29.6 Å². The summed E-state index contributed by atoms with van der Waals surface area (Å²) < 4.78 is 0. The average Bonchev–Trinajstić information content (AvgIpc) is 2.05. The Balaban J connectivity index is 2.55. The van der Waals surface area contributed by atoms with Gasteiger partial charge in [-0.1, -0.05) is 12.2 Å². The molecule has 1 rings (SSSR count). The second kappa shape index (κ2) is 3.84. The quantitative estimate of drug-likeness (QED) is 0.659. The van der Waals surface area contributed by atoms with Crippen LogP contribution in [0.1, 0.15) is 12.8 Å². The lowest BCUT2D eigenvalue weighted by Gasteiger charge is -2.10. The van der Waals surface area contributed by atoms with Crippen LogP contribution in [0.2, 0.25) is 0 Å². The van der Waals surface area contributed by atoms with Gasteiger partial charge in [-0.25, -0.2) is 0 Å². The topological polar surface area (TPSA) is 20.2 Å². The minimum atomic E-state index is 0.220. The fourth-order valence-electron chi connectivity index (χ4n) is 0.963. The number of aliphatic hydroxyl groups excluding tert-OH is 1. The number of hydrogen-bond acceptors (Lipinski definition) is 2. The van der Waals surface area contributed by atoms with Crippen molar-refractivity contribution in [2.75, 3.05) is 12.9 Å². The molecule has 0 unspecified atom stereocenters. The Bertz CT molecular complexity index is 150. The van der Waals surface area contributed by atoms with Crippen molar-refractivity contribution in [1.29, 1.82) is 0 Å². The van der Waals surface area contributed by atoms with Gasteiger partial charge in [-0.2, -0.15) is 0 Å². The third-order valence-electron chi connectivity index (χ3n) is 1.66. The van der Waals surface area contributed by atoms with Crippen LogP contribution in [0.4, 0.5) is 0 Å². The fraction of sp³-hybridized carbons (Fsp3) is 0.500. The van der Waals surface area contributed by atoms with Crippen molar-refractivity contribution in [3.63, 3.8) is 0 Å². The van der Waals surface area contributed by atoms with Gasteiger partial charge < -0.3 is 5.11 Å². The summed E-state index contributed by atoms with van der Waals surface area (Å²) in [6.45, 7) is 0.220. The zero-order valence-electron chi connectivity index (χ0n) is 6.13. The molecule has 0 saturated carbocycles. The van der Waals surface area contributed by atoms with Gasteiger partial charge >= 0.3 is 0 Å². The molecule has 0 bridgehead atoms. The standard InChI is InChI=1S/C8H12OS/c1-10-8-4-2-7(6-9)3-5-8/h2,4,9H,3,5-6H2,1H3. The third kappa shape index (κ3) is 1.89. The van der Waals surface area contributed by atoms with Gasteiger partial charge in [0.05, 0.1) is 6.61 Å². The predicted octanol–water partition coefficient (Wildman–Crippen LogP) is 1.95. The van der Waals surface area contributed by atoms with Crippen LogP contribution < -0.4 is 0 Å². The largest absolute Gasteiger partial charge is 0.392 e. The van der Waals surface area contributed by atoms with Gasteiger partial charge in [0.1, 0.15) is 0 Å². The van der Waals surface area contributed by atoms with Gasteiger partial charge in [0.2, 0.25) is 0 Å². The minimum absolute atomic E-state index is 0.220. The predicted molar refractivity (Wildman–Crippen MR) is 46.0 cm³/mol. The van der Waals surface area contributed by atoms with Gasteiger partial charge in [-0.15, -0.1) is 11.8 Å². The van der Waals surface area contributed by atoms with Crippen LogP contribution in [-0.4, -0.2) is 18.0 Å². The maximum absolute atomic E-state index is 8.75. The highest BCUT2D eigenvalue weighted by Crippen LogP contribution is 2.24. The Hall–Kier alpha value is -0.210. The number of aliphatic hydroxyl groups is 1. The highest BCUT2D eigenvalue weighted by atomic mass is 32.2. The normalized spacial score (nSPS) is 18.2. The molecular formula is C8H12OS. The molecule has 0 fully saturated rings. The maximum Gasteiger partial charge on any atom is 0.0644 e. The van der Waals surface area contributed by atoms with E-state index in [-0.39, 0.29) is 6.61 Å². The summed E-state index contributed by atoms with van der Waals surface area (Å²) >= 11 is 1.79. The smallest absolute Gasteiger partial charge is 0.0644 e. The minimum Gasteiger partial charge on any atom is -0.392 e. The first-order valence-corrected chi connectivity index (χ1v) is 4.62. The van der Waals surface area contributed by atoms with E-state index in [0.717, 1.165) is 18.4 Å². The fourth-order valence-corrected chi connectivity index (χ4v) is 1.47. The molecule has 1 N–H and O–H groups in total. The number of hydrogen-bond donors (Lipinski definition) is 1. The lowest BCUT2D eigenvalue weighted by Crippen LogP contribution is -1.94. The number of allylic oxidation sites excluding steroid dienone is 3. The van der Waals surface area contributed by atoms with Crippen LogP contribution >= 0.6 is 11.8 Å². The first kappa shape index (κ1) is 7.89. The third-order valence-corrected chi connectivity index (χ3v) is 2.53. The van der Waals surface area contributed by atoms with E-state index in [2.05, 4.69) is 12.3 Å².